The minimum atomic E-state index is 0.0948. The van der Waals surface area contributed by atoms with Crippen LogP contribution in [0.3, 0.4) is 0 Å². The van der Waals surface area contributed by atoms with Gasteiger partial charge in [0.15, 0.2) is 11.6 Å². The lowest BCUT2D eigenvalue weighted by Gasteiger charge is -2.12. The third-order valence-electron chi connectivity index (χ3n) is 6.50. The Labute approximate surface area is 193 Å². The van der Waals surface area contributed by atoms with Crippen LogP contribution in [0, 0.1) is 32.6 Å². The summed E-state index contributed by atoms with van der Waals surface area (Å²) in [7, 11) is 0. The fourth-order valence-electron chi connectivity index (χ4n) is 4.47. The van der Waals surface area contributed by atoms with Crippen LogP contribution < -0.4 is 0 Å². The number of hydrogen-bond acceptors (Lipinski definition) is 2. The monoisotopic (exact) mass is 464 g/mol. The summed E-state index contributed by atoms with van der Waals surface area (Å²) in [6, 6.07) is 5.67. The molecule has 0 aliphatic heterocycles. The summed E-state index contributed by atoms with van der Waals surface area (Å²) >= 11 is 17.9. The van der Waals surface area contributed by atoms with E-state index >= 15 is 0 Å². The molecule has 30 heavy (non-hydrogen) atoms. The number of Topliss-reactive ketones (excluding diaryl/α,β-unsaturated/α-hetero) is 2. The Morgan fingerprint density at radius 1 is 0.933 bits per heavy atom. The molecule has 2 aromatic rings. The standard InChI is InChI=1S/C13H15ClO.C12H12Cl2O/c1-6-5-10-8(3)7(2)9(4)12(14)11(10)13(6)15;13-6-2-4-9-7-8-3-1-5-10(14)11(8)12(9)15/h6H,5H2,1-4H3;1,3,5,9H,2,4,6-7H2. The second-order valence-electron chi connectivity index (χ2n) is 8.38. The molecule has 4 rings (SSSR count). The predicted molar refractivity (Wildman–Crippen MR) is 126 cm³/mol. The van der Waals surface area contributed by atoms with Crippen LogP contribution in [0.1, 0.15) is 68.3 Å². The van der Waals surface area contributed by atoms with Gasteiger partial charge in [-0.3, -0.25) is 9.59 Å². The van der Waals surface area contributed by atoms with Gasteiger partial charge in [-0.15, -0.1) is 11.6 Å². The zero-order chi connectivity index (χ0) is 22.2. The SMILES string of the molecule is Cc1c(C)c(Cl)c2c(c1C)CC(C)C2=O.O=C1c2c(Cl)cccc2CC1CCCCl. The Balaban J connectivity index is 0.000000171. The highest BCUT2D eigenvalue weighted by Gasteiger charge is 2.32. The topological polar surface area (TPSA) is 34.1 Å². The van der Waals surface area contributed by atoms with E-state index in [0.717, 1.165) is 47.9 Å². The van der Waals surface area contributed by atoms with Gasteiger partial charge in [0.05, 0.1) is 10.0 Å². The van der Waals surface area contributed by atoms with Crippen molar-refractivity contribution in [3.63, 3.8) is 0 Å². The number of rotatable bonds is 3. The van der Waals surface area contributed by atoms with Crippen molar-refractivity contribution >= 4 is 46.4 Å². The number of benzene rings is 2. The highest BCUT2D eigenvalue weighted by molar-refractivity contribution is 6.35. The highest BCUT2D eigenvalue weighted by atomic mass is 35.5. The highest BCUT2D eigenvalue weighted by Crippen LogP contribution is 2.38. The maximum Gasteiger partial charge on any atom is 0.168 e. The molecule has 0 N–H and O–H groups in total. The van der Waals surface area contributed by atoms with Crippen LogP contribution in [0.4, 0.5) is 0 Å². The van der Waals surface area contributed by atoms with Crippen LogP contribution in [0.2, 0.25) is 10.0 Å². The van der Waals surface area contributed by atoms with Gasteiger partial charge in [-0.1, -0.05) is 42.3 Å². The molecule has 2 atom stereocenters. The van der Waals surface area contributed by atoms with Crippen LogP contribution >= 0.6 is 34.8 Å². The fourth-order valence-corrected chi connectivity index (χ4v) is 5.26. The predicted octanol–water partition coefficient (Wildman–Crippen LogP) is 7.35. The molecule has 0 saturated heterocycles. The summed E-state index contributed by atoms with van der Waals surface area (Å²) in [5.41, 5.74) is 7.29. The van der Waals surface area contributed by atoms with E-state index < -0.39 is 0 Å². The molecule has 2 nitrogen and oxygen atoms in total. The third-order valence-corrected chi connectivity index (χ3v) is 7.56. The van der Waals surface area contributed by atoms with Gasteiger partial charge in [-0.05, 0) is 80.3 Å². The molecule has 0 aromatic heterocycles. The molecule has 2 aliphatic carbocycles. The van der Waals surface area contributed by atoms with E-state index in [4.69, 9.17) is 34.8 Å². The van der Waals surface area contributed by atoms with Crippen molar-refractivity contribution in [1.82, 2.24) is 0 Å². The second-order valence-corrected chi connectivity index (χ2v) is 9.55. The quantitative estimate of drug-likeness (QED) is 0.444. The molecule has 2 unspecified atom stereocenters. The van der Waals surface area contributed by atoms with Crippen LogP contribution in [0.25, 0.3) is 0 Å². The van der Waals surface area contributed by atoms with Crippen molar-refractivity contribution < 1.29 is 9.59 Å². The molecule has 0 bridgehead atoms. The Kier molecular flexibility index (Phi) is 7.32. The number of hydrogen-bond donors (Lipinski definition) is 0. The van der Waals surface area contributed by atoms with E-state index in [9.17, 15) is 9.59 Å². The maximum atomic E-state index is 12.0. The molecule has 160 valence electrons. The maximum absolute atomic E-state index is 12.0. The summed E-state index contributed by atoms with van der Waals surface area (Å²) in [6.07, 6.45) is 3.43. The Morgan fingerprint density at radius 2 is 1.63 bits per heavy atom. The zero-order valence-corrected chi connectivity index (χ0v) is 20.1. The average molecular weight is 466 g/mol. The molecular weight excluding hydrogens is 439 g/mol. The van der Waals surface area contributed by atoms with E-state index in [0.29, 0.717) is 15.9 Å². The smallest absolute Gasteiger partial charge is 0.168 e. The van der Waals surface area contributed by atoms with Gasteiger partial charge in [0.2, 0.25) is 0 Å². The molecule has 0 heterocycles. The molecule has 0 fully saturated rings. The van der Waals surface area contributed by atoms with E-state index in [1.807, 2.05) is 26.0 Å². The number of carbonyl (C=O) groups excluding carboxylic acids is 2. The van der Waals surface area contributed by atoms with Crippen LogP contribution in [0.15, 0.2) is 18.2 Å². The second kappa shape index (κ2) is 9.42. The van der Waals surface area contributed by atoms with Crippen molar-refractivity contribution in [2.24, 2.45) is 11.8 Å². The van der Waals surface area contributed by atoms with Crippen LogP contribution in [0.5, 0.6) is 0 Å². The zero-order valence-electron chi connectivity index (χ0n) is 17.9. The van der Waals surface area contributed by atoms with Crippen LogP contribution in [-0.4, -0.2) is 17.4 Å². The lowest BCUT2D eigenvalue weighted by molar-refractivity contribution is 0.0927. The third kappa shape index (κ3) is 4.20. The molecule has 0 radical (unpaired) electrons. The van der Waals surface area contributed by atoms with E-state index in [1.54, 1.807) is 6.07 Å². The summed E-state index contributed by atoms with van der Waals surface area (Å²) in [4.78, 5) is 23.9. The molecule has 2 aromatic carbocycles. The minimum Gasteiger partial charge on any atom is -0.294 e. The first-order valence-electron chi connectivity index (χ1n) is 10.4. The minimum absolute atomic E-state index is 0.0948. The van der Waals surface area contributed by atoms with Crippen molar-refractivity contribution in [2.75, 3.05) is 5.88 Å². The Morgan fingerprint density at radius 3 is 2.27 bits per heavy atom. The molecule has 0 amide bonds. The molecule has 0 spiro atoms. The number of carbonyl (C=O) groups is 2. The molecule has 2 aliphatic rings. The van der Waals surface area contributed by atoms with Gasteiger partial charge in [0.25, 0.3) is 0 Å². The lowest BCUT2D eigenvalue weighted by Crippen LogP contribution is -2.09. The first-order chi connectivity index (χ1) is 14.2. The summed E-state index contributed by atoms with van der Waals surface area (Å²) in [5, 5.41) is 1.26. The summed E-state index contributed by atoms with van der Waals surface area (Å²) < 4.78 is 0. The van der Waals surface area contributed by atoms with E-state index in [1.165, 1.54) is 16.7 Å². The molecule has 0 saturated carbocycles. The average Bonchev–Trinajstić information content (AvgIpc) is 3.21. The van der Waals surface area contributed by atoms with Crippen molar-refractivity contribution in [2.45, 2.75) is 53.4 Å². The van der Waals surface area contributed by atoms with Gasteiger partial charge < -0.3 is 0 Å². The first kappa shape index (κ1) is 23.3. The van der Waals surface area contributed by atoms with Gasteiger partial charge in [-0.25, -0.2) is 0 Å². The Bertz CT molecular complexity index is 1010. The normalized spacial score (nSPS) is 19.4. The van der Waals surface area contributed by atoms with E-state index in [-0.39, 0.29) is 23.4 Å². The fraction of sp³-hybridized carbons (Fsp3) is 0.440. The lowest BCUT2D eigenvalue weighted by atomic mass is 9.95. The first-order valence-corrected chi connectivity index (χ1v) is 11.7. The van der Waals surface area contributed by atoms with E-state index in [2.05, 4.69) is 13.8 Å². The Hall–Kier alpha value is -1.35. The molecular formula is C25H27Cl3O2. The van der Waals surface area contributed by atoms with Crippen LogP contribution in [-0.2, 0) is 12.8 Å². The summed E-state index contributed by atoms with van der Waals surface area (Å²) in [5.74, 6) is 1.21. The van der Waals surface area contributed by atoms with Gasteiger partial charge >= 0.3 is 0 Å². The number of fused-ring (bicyclic) bond motifs is 2. The van der Waals surface area contributed by atoms with Crippen molar-refractivity contribution in [1.29, 1.82) is 0 Å². The van der Waals surface area contributed by atoms with Crippen molar-refractivity contribution in [3.05, 3.63) is 67.2 Å². The molecule has 5 heteroatoms. The number of halogens is 3. The van der Waals surface area contributed by atoms with Gasteiger partial charge in [0.1, 0.15) is 0 Å². The number of alkyl halides is 1. The van der Waals surface area contributed by atoms with Gasteiger partial charge in [-0.2, -0.15) is 0 Å². The largest absolute Gasteiger partial charge is 0.294 e. The van der Waals surface area contributed by atoms with Crippen molar-refractivity contribution in [3.8, 4) is 0 Å². The summed E-state index contributed by atoms with van der Waals surface area (Å²) in [6.45, 7) is 8.12. The van der Waals surface area contributed by atoms with Gasteiger partial charge in [0, 0.05) is 28.8 Å². The number of ketones is 2.